The highest BCUT2D eigenvalue weighted by Crippen LogP contribution is 2.23. The Morgan fingerprint density at radius 2 is 1.27 bits per heavy atom. The van der Waals surface area contributed by atoms with E-state index in [0.29, 0.717) is 16.3 Å². The summed E-state index contributed by atoms with van der Waals surface area (Å²) in [6.07, 6.45) is 0.0507. The number of carboxylic acids is 1. The van der Waals surface area contributed by atoms with Crippen LogP contribution in [0.2, 0.25) is 5.02 Å². The monoisotopic (exact) mass is 777 g/mol. The first-order valence-electron chi connectivity index (χ1n) is 17.9. The Labute approximate surface area is 327 Å². The van der Waals surface area contributed by atoms with E-state index in [1.165, 1.54) is 11.3 Å². The Bertz CT molecular complexity index is 2090. The number of carbonyl (C=O) groups excluding carboxylic acids is 4. The van der Waals surface area contributed by atoms with Gasteiger partial charge >= 0.3 is 5.97 Å². The molecule has 55 heavy (non-hydrogen) atoms. The molecule has 12 heteroatoms. The quantitative estimate of drug-likeness (QED) is 0.145. The molecule has 0 aliphatic carbocycles. The summed E-state index contributed by atoms with van der Waals surface area (Å²) in [5.74, 6) is -4.08. The third kappa shape index (κ3) is 11.1. The third-order valence-corrected chi connectivity index (χ3v) is 10.6. The zero-order valence-corrected chi connectivity index (χ0v) is 31.4. The number of nitrogens with one attached hydrogen (secondary N) is 3. The van der Waals surface area contributed by atoms with Crippen LogP contribution in [-0.2, 0) is 49.7 Å². The number of benzene rings is 4. The van der Waals surface area contributed by atoms with Gasteiger partial charge in [0.15, 0.2) is 12.4 Å². The number of hydrogen-bond donors (Lipinski definition) is 4. The zero-order valence-electron chi connectivity index (χ0n) is 29.8. The highest BCUT2D eigenvalue weighted by atomic mass is 35.5. The summed E-state index contributed by atoms with van der Waals surface area (Å²) in [7, 11) is 0. The minimum atomic E-state index is -1.17. The Morgan fingerprint density at radius 1 is 0.673 bits per heavy atom. The molecule has 4 N–H and O–H groups in total. The van der Waals surface area contributed by atoms with E-state index in [4.69, 9.17) is 16.3 Å². The molecule has 2 aliphatic heterocycles. The minimum absolute atomic E-state index is 0.0548. The number of Topliss-reactive ketones (excluding diaryl/α,β-unsaturated/α-hetero) is 1. The van der Waals surface area contributed by atoms with E-state index in [1.807, 2.05) is 84.2 Å². The standard InChI is InChI=1S/C43H40ClN3O7S/c44-33-16-14-31(15-17-33)30-12-8-29(9-13-30)23-37-41(50)46-36(22-27-5-2-1-3-6-27)39(48)24-32(43(52)53)21-28-10-18-34(19-11-28)54-26-40(49)45-38(42(51)47-37)25-35-7-4-20-55-35/h1-20,32,36-38H,21-26H2,(H,45,49)(H,46,50)(H,47,51)(H,52,53)/t32-,36+,37+,38+/m1/s1. The van der Waals surface area contributed by atoms with Crippen LogP contribution in [0.1, 0.15) is 28.0 Å². The molecule has 0 radical (unpaired) electrons. The fourth-order valence-electron chi connectivity index (χ4n) is 6.42. The van der Waals surface area contributed by atoms with Gasteiger partial charge < -0.3 is 25.8 Å². The summed E-state index contributed by atoms with van der Waals surface area (Å²) in [5.41, 5.74) is 4.02. The summed E-state index contributed by atoms with van der Waals surface area (Å²) in [6.45, 7) is -0.384. The van der Waals surface area contributed by atoms with Gasteiger partial charge in [-0.1, -0.05) is 96.5 Å². The van der Waals surface area contributed by atoms with Gasteiger partial charge in [-0.15, -0.1) is 11.3 Å². The number of amides is 3. The number of ether oxygens (including phenoxy) is 1. The normalized spacial score (nSPS) is 19.9. The van der Waals surface area contributed by atoms with E-state index in [1.54, 1.807) is 36.4 Å². The first-order chi connectivity index (χ1) is 26.6. The largest absolute Gasteiger partial charge is 0.484 e. The van der Waals surface area contributed by atoms with E-state index < -0.39 is 53.5 Å². The summed E-state index contributed by atoms with van der Waals surface area (Å²) < 4.78 is 5.70. The molecule has 0 saturated heterocycles. The lowest BCUT2D eigenvalue weighted by Crippen LogP contribution is -2.57. The van der Waals surface area contributed by atoms with Crippen molar-refractivity contribution in [3.05, 3.63) is 147 Å². The predicted octanol–water partition coefficient (Wildman–Crippen LogP) is 5.85. The molecule has 3 heterocycles. The van der Waals surface area contributed by atoms with Gasteiger partial charge in [0.05, 0.1) is 12.0 Å². The van der Waals surface area contributed by atoms with Crippen molar-refractivity contribution in [3.8, 4) is 16.9 Å². The van der Waals surface area contributed by atoms with Crippen molar-refractivity contribution in [3.63, 3.8) is 0 Å². The van der Waals surface area contributed by atoms with Crippen molar-refractivity contribution in [1.29, 1.82) is 0 Å². The molecule has 7 rings (SSSR count). The van der Waals surface area contributed by atoms with Crippen LogP contribution >= 0.6 is 22.9 Å². The molecule has 3 amide bonds. The van der Waals surface area contributed by atoms with Gasteiger partial charge in [-0.25, -0.2) is 0 Å². The highest BCUT2D eigenvalue weighted by Gasteiger charge is 2.32. The lowest BCUT2D eigenvalue weighted by atomic mass is 9.90. The zero-order chi connectivity index (χ0) is 38.7. The van der Waals surface area contributed by atoms with E-state index in [9.17, 15) is 29.1 Å². The summed E-state index contributed by atoms with van der Waals surface area (Å²) >= 11 is 7.51. The molecule has 282 valence electrons. The maximum atomic E-state index is 14.3. The number of carboxylic acid groups (broad SMARTS) is 1. The number of hydrogen-bond acceptors (Lipinski definition) is 7. The van der Waals surface area contributed by atoms with Crippen molar-refractivity contribution in [2.75, 3.05) is 6.61 Å². The second kappa shape index (κ2) is 18.5. The Morgan fingerprint density at radius 3 is 1.91 bits per heavy atom. The van der Waals surface area contributed by atoms with Crippen LogP contribution < -0.4 is 20.7 Å². The average Bonchev–Trinajstić information content (AvgIpc) is 3.70. The molecule has 0 fully saturated rings. The van der Waals surface area contributed by atoms with Gasteiger partial charge in [-0.2, -0.15) is 0 Å². The molecule has 0 unspecified atom stereocenters. The molecule has 0 spiro atoms. The molecular weight excluding hydrogens is 738 g/mol. The lowest BCUT2D eigenvalue weighted by Gasteiger charge is -2.26. The molecule has 2 aliphatic rings. The minimum Gasteiger partial charge on any atom is -0.484 e. The first-order valence-corrected chi connectivity index (χ1v) is 19.1. The maximum Gasteiger partial charge on any atom is 0.307 e. The van der Waals surface area contributed by atoms with Gasteiger partial charge in [0.2, 0.25) is 11.8 Å². The average molecular weight is 778 g/mol. The molecule has 1 aromatic heterocycles. The maximum absolute atomic E-state index is 14.3. The van der Waals surface area contributed by atoms with E-state index >= 15 is 0 Å². The predicted molar refractivity (Wildman–Crippen MR) is 211 cm³/mol. The summed E-state index contributed by atoms with van der Waals surface area (Å²) in [6, 6.07) is 31.0. The highest BCUT2D eigenvalue weighted by molar-refractivity contribution is 7.09. The van der Waals surface area contributed by atoms with Crippen LogP contribution in [0.3, 0.4) is 0 Å². The van der Waals surface area contributed by atoms with Crippen molar-refractivity contribution in [2.45, 2.75) is 50.2 Å². The van der Waals surface area contributed by atoms with Gasteiger partial charge in [-0.05, 0) is 76.4 Å². The number of fused-ring (bicyclic) bond motifs is 16. The van der Waals surface area contributed by atoms with E-state index in [-0.39, 0.29) is 38.7 Å². The number of rotatable bonds is 8. The topological polar surface area (TPSA) is 151 Å². The van der Waals surface area contributed by atoms with Gasteiger partial charge in [0.1, 0.15) is 17.8 Å². The van der Waals surface area contributed by atoms with Crippen LogP contribution in [0.25, 0.3) is 11.1 Å². The molecule has 5 aromatic rings. The fraction of sp³-hybridized carbons (Fsp3) is 0.233. The molecular formula is C43H40ClN3O7S. The smallest absolute Gasteiger partial charge is 0.307 e. The second-order valence-electron chi connectivity index (χ2n) is 13.5. The van der Waals surface area contributed by atoms with Crippen molar-refractivity contribution < 1.29 is 33.8 Å². The SMILES string of the molecule is O=C1COc2ccc(cc2)C[C@@H](C(=O)O)CC(=O)[C@H](Cc2ccccc2)NC(=O)[C@H](Cc2ccc(-c3ccc(Cl)cc3)cc2)NC(=O)[C@H](Cc2cccs2)N1. The summed E-state index contributed by atoms with van der Waals surface area (Å²) in [5, 5.41) is 21.2. The summed E-state index contributed by atoms with van der Waals surface area (Å²) in [4.78, 5) is 68.9. The second-order valence-corrected chi connectivity index (χ2v) is 14.9. The number of carbonyl (C=O) groups is 5. The molecule has 2 bridgehead atoms. The van der Waals surface area contributed by atoms with Gasteiger partial charge in [0, 0.05) is 29.2 Å². The number of halogens is 1. The lowest BCUT2D eigenvalue weighted by molar-refractivity contribution is -0.144. The fourth-order valence-corrected chi connectivity index (χ4v) is 7.30. The van der Waals surface area contributed by atoms with Crippen molar-refractivity contribution >= 4 is 52.4 Å². The molecule has 4 atom stereocenters. The molecule has 4 aromatic carbocycles. The third-order valence-electron chi connectivity index (χ3n) is 9.40. The van der Waals surface area contributed by atoms with Crippen LogP contribution in [0.5, 0.6) is 5.75 Å². The van der Waals surface area contributed by atoms with Crippen LogP contribution in [0.4, 0.5) is 0 Å². The Kier molecular flexibility index (Phi) is 13.1. The van der Waals surface area contributed by atoms with E-state index in [2.05, 4.69) is 16.0 Å². The number of thiophene rings is 1. The Balaban J connectivity index is 1.34. The number of aliphatic carboxylic acids is 1. The van der Waals surface area contributed by atoms with Crippen LogP contribution in [0.15, 0.2) is 121 Å². The Hall–Kier alpha value is -5.78. The van der Waals surface area contributed by atoms with Gasteiger partial charge in [-0.3, -0.25) is 24.0 Å². The molecule has 0 saturated carbocycles. The first kappa shape index (κ1) is 38.9. The molecule has 10 nitrogen and oxygen atoms in total. The van der Waals surface area contributed by atoms with Gasteiger partial charge in [0.25, 0.3) is 5.91 Å². The number of ketones is 1. The van der Waals surface area contributed by atoms with Crippen molar-refractivity contribution in [2.24, 2.45) is 5.92 Å². The van der Waals surface area contributed by atoms with Crippen LogP contribution in [0, 0.1) is 5.92 Å². The van der Waals surface area contributed by atoms with Crippen LogP contribution in [-0.4, -0.2) is 59.3 Å². The van der Waals surface area contributed by atoms with E-state index in [0.717, 1.165) is 27.1 Å². The van der Waals surface area contributed by atoms with Crippen molar-refractivity contribution in [1.82, 2.24) is 16.0 Å².